The fourth-order valence-electron chi connectivity index (χ4n) is 2.25. The Balaban J connectivity index is 1.94. The molecule has 0 aliphatic heterocycles. The van der Waals surface area contributed by atoms with Crippen LogP contribution >= 0.6 is 0 Å². The molecule has 3 heteroatoms. The first kappa shape index (κ1) is 10.4. The molecule has 3 nitrogen and oxygen atoms in total. The van der Waals surface area contributed by atoms with Crippen molar-refractivity contribution in [3.05, 3.63) is 59.2 Å². The summed E-state index contributed by atoms with van der Waals surface area (Å²) in [6, 6.07) is 9.53. The Morgan fingerprint density at radius 2 is 1.94 bits per heavy atom. The number of aliphatic hydroxyl groups is 1. The van der Waals surface area contributed by atoms with Crippen LogP contribution in [0.2, 0.25) is 0 Å². The molecule has 0 spiro atoms. The third-order valence-electron chi connectivity index (χ3n) is 3.19. The summed E-state index contributed by atoms with van der Waals surface area (Å²) in [5.74, 6) is 0.511. The van der Waals surface area contributed by atoms with E-state index in [2.05, 4.69) is 9.97 Å². The number of rotatable bonds is 2. The monoisotopic (exact) mass is 226 g/mol. The van der Waals surface area contributed by atoms with E-state index in [0.717, 1.165) is 30.5 Å². The van der Waals surface area contributed by atoms with Gasteiger partial charge < -0.3 is 5.11 Å². The molecule has 1 aromatic carbocycles. The molecule has 1 atom stereocenters. The summed E-state index contributed by atoms with van der Waals surface area (Å²) in [7, 11) is 0. The first-order valence-electron chi connectivity index (χ1n) is 5.92. The van der Waals surface area contributed by atoms with E-state index in [0.29, 0.717) is 5.82 Å². The van der Waals surface area contributed by atoms with Crippen LogP contribution in [0.3, 0.4) is 0 Å². The molecule has 0 saturated heterocycles. The largest absolute Gasteiger partial charge is 0.380 e. The van der Waals surface area contributed by atoms with Crippen LogP contribution in [-0.2, 0) is 12.8 Å². The number of nitrogens with zero attached hydrogens (tertiary/aromatic N) is 2. The van der Waals surface area contributed by atoms with Crippen molar-refractivity contribution in [3.63, 3.8) is 0 Å². The zero-order chi connectivity index (χ0) is 11.7. The van der Waals surface area contributed by atoms with E-state index in [1.807, 2.05) is 36.5 Å². The van der Waals surface area contributed by atoms with Crippen LogP contribution in [-0.4, -0.2) is 15.1 Å². The number of aryl methyl sites for hydroxylation is 2. The first-order valence-corrected chi connectivity index (χ1v) is 5.92. The molecule has 1 heterocycles. The highest BCUT2D eigenvalue weighted by molar-refractivity contribution is 5.27. The second kappa shape index (κ2) is 4.26. The summed E-state index contributed by atoms with van der Waals surface area (Å²) >= 11 is 0. The first-order chi connectivity index (χ1) is 8.34. The van der Waals surface area contributed by atoms with Crippen molar-refractivity contribution >= 4 is 0 Å². The van der Waals surface area contributed by atoms with Gasteiger partial charge >= 0.3 is 0 Å². The molecule has 1 N–H and O–H groups in total. The second-order valence-electron chi connectivity index (χ2n) is 4.37. The van der Waals surface area contributed by atoms with Gasteiger partial charge in [-0.2, -0.15) is 0 Å². The number of hydrogen-bond acceptors (Lipinski definition) is 3. The summed E-state index contributed by atoms with van der Waals surface area (Å²) in [5, 5.41) is 10.2. The standard InChI is InChI=1S/C14H14N2O/c17-13(10-5-2-1-3-6-10)14-15-9-11-7-4-8-12(11)16-14/h1-3,5-6,9,13,17H,4,7-8H2. The van der Waals surface area contributed by atoms with Crippen LogP contribution in [0.25, 0.3) is 0 Å². The molecule has 17 heavy (non-hydrogen) atoms. The smallest absolute Gasteiger partial charge is 0.161 e. The predicted molar refractivity (Wildman–Crippen MR) is 64.6 cm³/mol. The average Bonchev–Trinajstić information content (AvgIpc) is 2.86. The normalized spacial score (nSPS) is 15.6. The average molecular weight is 226 g/mol. The number of benzene rings is 1. The van der Waals surface area contributed by atoms with Crippen LogP contribution in [0.5, 0.6) is 0 Å². The molecule has 0 amide bonds. The molecule has 0 fully saturated rings. The van der Waals surface area contributed by atoms with E-state index in [9.17, 15) is 5.11 Å². The van der Waals surface area contributed by atoms with Crippen molar-refractivity contribution in [2.24, 2.45) is 0 Å². The molecule has 1 aromatic heterocycles. The molecule has 1 aliphatic rings. The van der Waals surface area contributed by atoms with Crippen molar-refractivity contribution in [2.75, 3.05) is 0 Å². The van der Waals surface area contributed by atoms with E-state index >= 15 is 0 Å². The minimum absolute atomic E-state index is 0.511. The Bertz CT molecular complexity index is 525. The van der Waals surface area contributed by atoms with Crippen molar-refractivity contribution in [1.29, 1.82) is 0 Å². The van der Waals surface area contributed by atoms with Gasteiger partial charge in [-0.1, -0.05) is 30.3 Å². The Morgan fingerprint density at radius 3 is 2.76 bits per heavy atom. The lowest BCUT2D eigenvalue weighted by Gasteiger charge is -2.10. The highest BCUT2D eigenvalue weighted by Gasteiger charge is 2.18. The third-order valence-corrected chi connectivity index (χ3v) is 3.19. The van der Waals surface area contributed by atoms with Gasteiger partial charge in [0.05, 0.1) is 0 Å². The van der Waals surface area contributed by atoms with Gasteiger partial charge in [0.25, 0.3) is 0 Å². The molecule has 0 radical (unpaired) electrons. The quantitative estimate of drug-likeness (QED) is 0.852. The Hall–Kier alpha value is -1.74. The van der Waals surface area contributed by atoms with E-state index in [1.54, 1.807) is 0 Å². The lowest BCUT2D eigenvalue weighted by Crippen LogP contribution is -2.07. The SMILES string of the molecule is OC(c1ccccc1)c1ncc2c(n1)CCC2. The Morgan fingerprint density at radius 1 is 1.12 bits per heavy atom. The van der Waals surface area contributed by atoms with Crippen LogP contribution < -0.4 is 0 Å². The minimum atomic E-state index is -0.720. The molecule has 2 aromatic rings. The van der Waals surface area contributed by atoms with Crippen LogP contribution in [0.4, 0.5) is 0 Å². The van der Waals surface area contributed by atoms with Crippen molar-refractivity contribution in [2.45, 2.75) is 25.4 Å². The van der Waals surface area contributed by atoms with Gasteiger partial charge in [0.2, 0.25) is 0 Å². The molecular formula is C14H14N2O. The van der Waals surface area contributed by atoms with Gasteiger partial charge in [-0.3, -0.25) is 0 Å². The maximum Gasteiger partial charge on any atom is 0.161 e. The fourth-order valence-corrected chi connectivity index (χ4v) is 2.25. The minimum Gasteiger partial charge on any atom is -0.380 e. The summed E-state index contributed by atoms with van der Waals surface area (Å²) in [4.78, 5) is 8.73. The van der Waals surface area contributed by atoms with Crippen molar-refractivity contribution in [1.82, 2.24) is 9.97 Å². The van der Waals surface area contributed by atoms with Gasteiger partial charge in [-0.25, -0.2) is 9.97 Å². The Kier molecular flexibility index (Phi) is 2.61. The van der Waals surface area contributed by atoms with Crippen molar-refractivity contribution in [3.8, 4) is 0 Å². The highest BCUT2D eigenvalue weighted by Crippen LogP contribution is 2.23. The second-order valence-corrected chi connectivity index (χ2v) is 4.37. The van der Waals surface area contributed by atoms with Crippen LogP contribution in [0.1, 0.15) is 35.2 Å². The molecule has 0 saturated carbocycles. The number of aromatic nitrogens is 2. The molecular weight excluding hydrogens is 212 g/mol. The summed E-state index contributed by atoms with van der Waals surface area (Å²) in [5.41, 5.74) is 3.17. The highest BCUT2D eigenvalue weighted by atomic mass is 16.3. The fraction of sp³-hybridized carbons (Fsp3) is 0.286. The van der Waals surface area contributed by atoms with Gasteiger partial charge in [0.1, 0.15) is 6.10 Å². The number of aliphatic hydroxyl groups excluding tert-OH is 1. The lowest BCUT2D eigenvalue weighted by atomic mass is 10.1. The zero-order valence-electron chi connectivity index (χ0n) is 9.50. The van der Waals surface area contributed by atoms with E-state index < -0.39 is 6.10 Å². The number of fused-ring (bicyclic) bond motifs is 1. The van der Waals surface area contributed by atoms with Crippen LogP contribution in [0.15, 0.2) is 36.5 Å². The van der Waals surface area contributed by atoms with Gasteiger partial charge in [-0.05, 0) is 30.4 Å². The van der Waals surface area contributed by atoms with E-state index in [-0.39, 0.29) is 0 Å². The molecule has 86 valence electrons. The van der Waals surface area contributed by atoms with Gasteiger partial charge in [-0.15, -0.1) is 0 Å². The maximum atomic E-state index is 10.2. The lowest BCUT2D eigenvalue weighted by molar-refractivity contribution is 0.209. The summed E-state index contributed by atoms with van der Waals surface area (Å²) < 4.78 is 0. The van der Waals surface area contributed by atoms with Crippen molar-refractivity contribution < 1.29 is 5.11 Å². The van der Waals surface area contributed by atoms with Gasteiger partial charge in [0, 0.05) is 11.9 Å². The molecule has 3 rings (SSSR count). The summed E-state index contributed by atoms with van der Waals surface area (Å²) in [6.45, 7) is 0. The predicted octanol–water partition coefficient (Wildman–Crippen LogP) is 2.05. The van der Waals surface area contributed by atoms with E-state index in [1.165, 1.54) is 5.56 Å². The Labute approximate surface area is 100 Å². The topological polar surface area (TPSA) is 46.0 Å². The molecule has 1 aliphatic carbocycles. The molecule has 0 bridgehead atoms. The molecule has 1 unspecified atom stereocenters. The number of hydrogen-bond donors (Lipinski definition) is 1. The van der Waals surface area contributed by atoms with Gasteiger partial charge in [0.15, 0.2) is 5.82 Å². The maximum absolute atomic E-state index is 10.2. The zero-order valence-corrected chi connectivity index (χ0v) is 9.50. The van der Waals surface area contributed by atoms with E-state index in [4.69, 9.17) is 0 Å². The van der Waals surface area contributed by atoms with Crippen LogP contribution in [0, 0.1) is 0 Å². The summed E-state index contributed by atoms with van der Waals surface area (Å²) in [6.07, 6.45) is 4.36. The third kappa shape index (κ3) is 1.94.